The van der Waals surface area contributed by atoms with Gasteiger partial charge in [0.05, 0.1) is 0 Å². The molecule has 0 fully saturated rings. The number of rotatable bonds is 4. The van der Waals surface area contributed by atoms with Gasteiger partial charge in [0.2, 0.25) is 5.78 Å². The minimum absolute atomic E-state index is 0.170. The third-order valence-electron chi connectivity index (χ3n) is 4.36. The van der Waals surface area contributed by atoms with Gasteiger partial charge in [0.1, 0.15) is 11.3 Å². The van der Waals surface area contributed by atoms with E-state index in [0.717, 1.165) is 11.3 Å². The van der Waals surface area contributed by atoms with Crippen LogP contribution in [0.4, 0.5) is 5.69 Å². The zero-order valence-electron chi connectivity index (χ0n) is 14.9. The summed E-state index contributed by atoms with van der Waals surface area (Å²) < 4.78 is 3.53. The molecule has 4 aromatic rings. The van der Waals surface area contributed by atoms with E-state index in [0.29, 0.717) is 22.8 Å². The van der Waals surface area contributed by atoms with Crippen LogP contribution in [0.15, 0.2) is 61.1 Å². The Morgan fingerprint density at radius 1 is 1.07 bits per heavy atom. The summed E-state index contributed by atoms with van der Waals surface area (Å²) in [4.78, 5) is 33.3. The molecule has 1 N–H and O–H groups in total. The predicted molar refractivity (Wildman–Crippen MR) is 101 cm³/mol. The molecule has 3 aromatic heterocycles. The maximum absolute atomic E-state index is 12.5. The molecule has 7 heteroatoms. The van der Waals surface area contributed by atoms with Gasteiger partial charge < -0.3 is 14.3 Å². The Labute approximate surface area is 155 Å². The molecular formula is C20H17N5O2. The number of imidazole rings is 2. The van der Waals surface area contributed by atoms with Crippen molar-refractivity contribution in [2.75, 3.05) is 5.32 Å². The summed E-state index contributed by atoms with van der Waals surface area (Å²) in [5, 5.41) is 2.80. The van der Waals surface area contributed by atoms with Crippen molar-refractivity contribution >= 4 is 23.0 Å². The molecule has 3 heterocycles. The standard InChI is InChI=1S/C20H17N5O2/c1-13-4-3-5-17-23-16(12-25(13)17)20(27)22-15-8-6-14(7-9-15)18(26)19-21-10-11-24(19)2/h3-12H,1-2H3,(H,22,27). The number of anilines is 1. The topological polar surface area (TPSA) is 81.3 Å². The molecule has 0 bridgehead atoms. The van der Waals surface area contributed by atoms with Crippen molar-refractivity contribution in [3.05, 3.63) is 83.8 Å². The van der Waals surface area contributed by atoms with Crippen molar-refractivity contribution in [3.63, 3.8) is 0 Å². The summed E-state index contributed by atoms with van der Waals surface area (Å²) in [6, 6.07) is 12.4. The van der Waals surface area contributed by atoms with E-state index in [-0.39, 0.29) is 11.7 Å². The fraction of sp³-hybridized carbons (Fsp3) is 0.100. The Bertz CT molecular complexity index is 1150. The summed E-state index contributed by atoms with van der Waals surface area (Å²) in [5.74, 6) is -0.107. The van der Waals surface area contributed by atoms with Gasteiger partial charge in [-0.05, 0) is 43.3 Å². The average Bonchev–Trinajstić information content (AvgIpc) is 3.29. The lowest BCUT2D eigenvalue weighted by molar-refractivity contribution is 0.101. The van der Waals surface area contributed by atoms with E-state index in [9.17, 15) is 9.59 Å². The zero-order chi connectivity index (χ0) is 19.0. The van der Waals surface area contributed by atoms with E-state index in [1.807, 2.05) is 29.5 Å². The van der Waals surface area contributed by atoms with Crippen molar-refractivity contribution in [1.82, 2.24) is 18.9 Å². The van der Waals surface area contributed by atoms with Gasteiger partial charge in [-0.2, -0.15) is 0 Å². The Balaban J connectivity index is 1.52. The summed E-state index contributed by atoms with van der Waals surface area (Å²) in [6.45, 7) is 1.95. The number of amides is 1. The number of aryl methyl sites for hydroxylation is 2. The number of nitrogens with zero attached hydrogens (tertiary/aromatic N) is 4. The molecule has 0 aliphatic heterocycles. The van der Waals surface area contributed by atoms with Gasteiger partial charge in [0.15, 0.2) is 5.82 Å². The van der Waals surface area contributed by atoms with E-state index in [2.05, 4.69) is 15.3 Å². The fourth-order valence-electron chi connectivity index (χ4n) is 2.87. The molecule has 0 unspecified atom stereocenters. The Kier molecular flexibility index (Phi) is 4.04. The lowest BCUT2D eigenvalue weighted by Gasteiger charge is -2.05. The molecule has 0 saturated carbocycles. The van der Waals surface area contributed by atoms with Crippen LogP contribution in [0.25, 0.3) is 5.65 Å². The number of carbonyl (C=O) groups is 2. The second kappa shape index (κ2) is 6.53. The first-order chi connectivity index (χ1) is 13.0. The minimum atomic E-state index is -0.304. The molecule has 4 rings (SSSR count). The molecule has 1 amide bonds. The lowest BCUT2D eigenvalue weighted by atomic mass is 10.1. The van der Waals surface area contributed by atoms with E-state index in [4.69, 9.17) is 0 Å². The van der Waals surface area contributed by atoms with Crippen LogP contribution in [0.2, 0.25) is 0 Å². The SMILES string of the molecule is Cc1cccc2nc(C(=O)Nc3ccc(C(=O)c4nccn4C)cc3)cn12. The molecule has 27 heavy (non-hydrogen) atoms. The van der Waals surface area contributed by atoms with Crippen LogP contribution < -0.4 is 5.32 Å². The van der Waals surface area contributed by atoms with Crippen molar-refractivity contribution in [3.8, 4) is 0 Å². The number of carbonyl (C=O) groups excluding carboxylic acids is 2. The van der Waals surface area contributed by atoms with Gasteiger partial charge in [0, 0.05) is 42.6 Å². The summed E-state index contributed by atoms with van der Waals surface area (Å²) in [5.41, 5.74) is 3.14. The van der Waals surface area contributed by atoms with Crippen LogP contribution in [0.5, 0.6) is 0 Å². The number of aromatic nitrogens is 4. The first-order valence-electron chi connectivity index (χ1n) is 8.41. The van der Waals surface area contributed by atoms with Gasteiger partial charge in [-0.1, -0.05) is 6.07 Å². The molecule has 1 aromatic carbocycles. The molecule has 134 valence electrons. The molecule has 7 nitrogen and oxygen atoms in total. The average molecular weight is 359 g/mol. The third-order valence-corrected chi connectivity index (χ3v) is 4.36. The summed E-state index contributed by atoms with van der Waals surface area (Å²) >= 11 is 0. The van der Waals surface area contributed by atoms with E-state index in [1.54, 1.807) is 54.5 Å². The quantitative estimate of drug-likeness (QED) is 0.568. The first kappa shape index (κ1) is 16.7. The molecular weight excluding hydrogens is 342 g/mol. The van der Waals surface area contributed by atoms with Crippen molar-refractivity contribution in [2.45, 2.75) is 6.92 Å². The number of ketones is 1. The highest BCUT2D eigenvalue weighted by Crippen LogP contribution is 2.15. The van der Waals surface area contributed by atoms with Crippen LogP contribution in [0, 0.1) is 6.92 Å². The smallest absolute Gasteiger partial charge is 0.275 e. The van der Waals surface area contributed by atoms with Crippen LogP contribution in [-0.4, -0.2) is 30.6 Å². The Hall–Kier alpha value is -3.74. The van der Waals surface area contributed by atoms with E-state index in [1.165, 1.54) is 0 Å². The number of nitrogens with one attached hydrogen (secondary N) is 1. The highest BCUT2D eigenvalue weighted by atomic mass is 16.2. The third kappa shape index (κ3) is 3.10. The second-order valence-electron chi connectivity index (χ2n) is 6.24. The monoisotopic (exact) mass is 359 g/mol. The van der Waals surface area contributed by atoms with Gasteiger partial charge in [-0.3, -0.25) is 9.59 Å². The highest BCUT2D eigenvalue weighted by Gasteiger charge is 2.15. The first-order valence-corrected chi connectivity index (χ1v) is 8.41. The maximum Gasteiger partial charge on any atom is 0.275 e. The predicted octanol–water partition coefficient (Wildman–Crippen LogP) is 2.86. The number of fused-ring (bicyclic) bond motifs is 1. The summed E-state index contributed by atoms with van der Waals surface area (Å²) in [7, 11) is 1.77. The largest absolute Gasteiger partial charge is 0.331 e. The van der Waals surface area contributed by atoms with Gasteiger partial charge in [-0.15, -0.1) is 0 Å². The van der Waals surface area contributed by atoms with Crippen LogP contribution in [0.1, 0.15) is 32.4 Å². The van der Waals surface area contributed by atoms with Crippen LogP contribution in [0.3, 0.4) is 0 Å². The maximum atomic E-state index is 12.5. The summed E-state index contributed by atoms with van der Waals surface area (Å²) in [6.07, 6.45) is 5.01. The van der Waals surface area contributed by atoms with Gasteiger partial charge in [0.25, 0.3) is 5.91 Å². The number of benzene rings is 1. The van der Waals surface area contributed by atoms with Crippen molar-refractivity contribution < 1.29 is 9.59 Å². The lowest BCUT2D eigenvalue weighted by Crippen LogP contribution is -2.13. The molecule has 0 radical (unpaired) electrons. The minimum Gasteiger partial charge on any atom is -0.331 e. The molecule has 0 aliphatic carbocycles. The normalized spacial score (nSPS) is 10.9. The second-order valence-corrected chi connectivity index (χ2v) is 6.24. The van der Waals surface area contributed by atoms with E-state index >= 15 is 0 Å². The highest BCUT2D eigenvalue weighted by molar-refractivity contribution is 6.07. The zero-order valence-corrected chi connectivity index (χ0v) is 14.9. The van der Waals surface area contributed by atoms with Gasteiger partial charge in [-0.25, -0.2) is 9.97 Å². The number of hydrogen-bond donors (Lipinski definition) is 1. The van der Waals surface area contributed by atoms with Crippen molar-refractivity contribution in [2.24, 2.45) is 7.05 Å². The molecule has 0 atom stereocenters. The van der Waals surface area contributed by atoms with Crippen LogP contribution in [-0.2, 0) is 7.05 Å². The molecule has 0 aliphatic rings. The number of pyridine rings is 1. The molecule has 0 saturated heterocycles. The van der Waals surface area contributed by atoms with Crippen LogP contribution >= 0.6 is 0 Å². The van der Waals surface area contributed by atoms with E-state index < -0.39 is 0 Å². The fourth-order valence-corrected chi connectivity index (χ4v) is 2.87. The Morgan fingerprint density at radius 2 is 1.85 bits per heavy atom. The Morgan fingerprint density at radius 3 is 2.52 bits per heavy atom. The van der Waals surface area contributed by atoms with Crippen molar-refractivity contribution in [1.29, 1.82) is 0 Å². The van der Waals surface area contributed by atoms with Gasteiger partial charge >= 0.3 is 0 Å². The number of hydrogen-bond acceptors (Lipinski definition) is 4. The molecule has 0 spiro atoms.